The molecule has 0 heterocycles. The summed E-state index contributed by atoms with van der Waals surface area (Å²) in [7, 11) is 1.48. The lowest BCUT2D eigenvalue weighted by molar-refractivity contribution is -0.121. The number of isocyanates is 1. The maximum atomic E-state index is 11.2. The molecule has 7 heteroatoms. The molecular formula is C8H15N5O2. The van der Waals surface area contributed by atoms with Crippen molar-refractivity contribution in [3.8, 4) is 0 Å². The van der Waals surface area contributed by atoms with Crippen LogP contribution in [0.3, 0.4) is 0 Å². The summed E-state index contributed by atoms with van der Waals surface area (Å²) in [5, 5.41) is 2.40. The first kappa shape index (κ1) is 13.1. The van der Waals surface area contributed by atoms with Crippen LogP contribution in [0.4, 0.5) is 0 Å². The summed E-state index contributed by atoms with van der Waals surface area (Å²) < 4.78 is 0. The van der Waals surface area contributed by atoms with Crippen molar-refractivity contribution in [2.75, 3.05) is 13.6 Å². The van der Waals surface area contributed by atoms with Gasteiger partial charge in [-0.05, 0) is 12.8 Å². The Kier molecular flexibility index (Phi) is 6.57. The topological polar surface area (TPSA) is 123 Å². The van der Waals surface area contributed by atoms with Gasteiger partial charge in [-0.3, -0.25) is 9.79 Å². The molecule has 0 bridgehead atoms. The summed E-state index contributed by atoms with van der Waals surface area (Å²) in [6.45, 7) is 0.407. The zero-order valence-electron chi connectivity index (χ0n) is 8.56. The number of likely N-dealkylation sites (N-methyl/N-ethyl adjacent to an activating group) is 1. The Morgan fingerprint density at radius 3 is 2.67 bits per heavy atom. The smallest absolute Gasteiger partial charge is 0.245 e. The number of hydrogen-bond donors (Lipinski definition) is 3. The molecule has 0 radical (unpaired) electrons. The van der Waals surface area contributed by atoms with Crippen LogP contribution in [0.2, 0.25) is 0 Å². The minimum Gasteiger partial charge on any atom is -0.370 e. The third-order valence-corrected chi connectivity index (χ3v) is 1.69. The molecule has 84 valence electrons. The predicted molar refractivity (Wildman–Crippen MR) is 55.9 cm³/mol. The molecule has 0 saturated heterocycles. The van der Waals surface area contributed by atoms with Gasteiger partial charge in [0, 0.05) is 13.6 Å². The van der Waals surface area contributed by atoms with Gasteiger partial charge in [-0.15, -0.1) is 0 Å². The van der Waals surface area contributed by atoms with Crippen LogP contribution in [0, 0.1) is 0 Å². The third-order valence-electron chi connectivity index (χ3n) is 1.69. The summed E-state index contributed by atoms with van der Waals surface area (Å²) in [5.74, 6) is -0.312. The number of amides is 1. The van der Waals surface area contributed by atoms with Gasteiger partial charge in [0.25, 0.3) is 0 Å². The van der Waals surface area contributed by atoms with Crippen molar-refractivity contribution in [2.45, 2.75) is 18.9 Å². The molecule has 0 fully saturated rings. The van der Waals surface area contributed by atoms with Crippen LogP contribution in [0.25, 0.3) is 0 Å². The van der Waals surface area contributed by atoms with Crippen LogP contribution in [0.1, 0.15) is 12.8 Å². The lowest BCUT2D eigenvalue weighted by atomic mass is 10.1. The van der Waals surface area contributed by atoms with Crippen molar-refractivity contribution in [3.63, 3.8) is 0 Å². The van der Waals surface area contributed by atoms with Gasteiger partial charge in [0.15, 0.2) is 5.96 Å². The fourth-order valence-electron chi connectivity index (χ4n) is 0.977. The van der Waals surface area contributed by atoms with Gasteiger partial charge in [0.05, 0.1) is 0 Å². The van der Waals surface area contributed by atoms with Crippen molar-refractivity contribution < 1.29 is 9.59 Å². The number of nitrogens with one attached hydrogen (secondary N) is 1. The van der Waals surface area contributed by atoms with E-state index in [4.69, 9.17) is 11.5 Å². The molecule has 0 aromatic carbocycles. The SMILES string of the molecule is CNC(=O)[C@H](CCCN=C(N)N)N=C=O. The molecule has 15 heavy (non-hydrogen) atoms. The van der Waals surface area contributed by atoms with E-state index in [1.165, 1.54) is 13.1 Å². The van der Waals surface area contributed by atoms with Crippen LogP contribution in [-0.2, 0) is 9.59 Å². The summed E-state index contributed by atoms with van der Waals surface area (Å²) in [6, 6.07) is -0.707. The summed E-state index contributed by atoms with van der Waals surface area (Å²) in [4.78, 5) is 28.3. The first-order chi connectivity index (χ1) is 7.11. The van der Waals surface area contributed by atoms with Gasteiger partial charge in [0.1, 0.15) is 6.04 Å². The van der Waals surface area contributed by atoms with E-state index < -0.39 is 6.04 Å². The number of guanidine groups is 1. The molecule has 7 nitrogen and oxygen atoms in total. The molecule has 0 aliphatic carbocycles. The van der Waals surface area contributed by atoms with E-state index in [0.717, 1.165) is 0 Å². The Bertz CT molecular complexity index is 279. The molecular weight excluding hydrogens is 198 g/mol. The minimum atomic E-state index is -0.707. The van der Waals surface area contributed by atoms with Gasteiger partial charge in [0.2, 0.25) is 12.0 Å². The van der Waals surface area contributed by atoms with Crippen LogP contribution in [-0.4, -0.2) is 37.6 Å². The fourth-order valence-corrected chi connectivity index (χ4v) is 0.977. The average Bonchev–Trinajstić information content (AvgIpc) is 2.21. The largest absolute Gasteiger partial charge is 0.370 e. The van der Waals surface area contributed by atoms with Gasteiger partial charge in [-0.1, -0.05) is 0 Å². The summed E-state index contributed by atoms with van der Waals surface area (Å²) in [5.41, 5.74) is 10.2. The lowest BCUT2D eigenvalue weighted by Gasteiger charge is -2.07. The number of carbonyl (C=O) groups excluding carboxylic acids is 2. The molecule has 0 aromatic rings. The molecule has 5 N–H and O–H groups in total. The van der Waals surface area contributed by atoms with E-state index in [0.29, 0.717) is 19.4 Å². The summed E-state index contributed by atoms with van der Waals surface area (Å²) in [6.07, 6.45) is 2.34. The molecule has 1 amide bonds. The normalized spacial score (nSPS) is 11.0. The minimum absolute atomic E-state index is 0.00498. The van der Waals surface area contributed by atoms with E-state index >= 15 is 0 Å². The molecule has 0 aliphatic heterocycles. The first-order valence-corrected chi connectivity index (χ1v) is 4.45. The molecule has 0 saturated carbocycles. The number of hydrogen-bond acceptors (Lipinski definition) is 4. The van der Waals surface area contributed by atoms with E-state index in [9.17, 15) is 9.59 Å². The second-order valence-corrected chi connectivity index (χ2v) is 2.80. The quantitative estimate of drug-likeness (QED) is 0.215. The van der Waals surface area contributed by atoms with Crippen molar-refractivity contribution >= 4 is 17.9 Å². The van der Waals surface area contributed by atoms with E-state index in [2.05, 4.69) is 15.3 Å². The van der Waals surface area contributed by atoms with Gasteiger partial charge < -0.3 is 16.8 Å². The highest BCUT2D eigenvalue weighted by atomic mass is 16.2. The van der Waals surface area contributed by atoms with Gasteiger partial charge in [-0.25, -0.2) is 4.79 Å². The van der Waals surface area contributed by atoms with Crippen LogP contribution in [0.15, 0.2) is 9.98 Å². The van der Waals surface area contributed by atoms with Crippen LogP contribution >= 0.6 is 0 Å². The van der Waals surface area contributed by atoms with Crippen molar-refractivity contribution in [3.05, 3.63) is 0 Å². The number of aliphatic imine (C=N–C) groups is 2. The summed E-state index contributed by atoms with van der Waals surface area (Å²) >= 11 is 0. The van der Waals surface area contributed by atoms with E-state index in [1.807, 2.05) is 0 Å². The standard InChI is InChI=1S/C8H15N5O2/c1-11-7(15)6(13-5-14)3-2-4-12-8(9)10/h6H,2-4H2,1H3,(H,11,15)(H4,9,10,12)/t6-/m0/s1. The molecule has 1 atom stereocenters. The maximum Gasteiger partial charge on any atom is 0.245 e. The average molecular weight is 213 g/mol. The zero-order valence-corrected chi connectivity index (χ0v) is 8.56. The second kappa shape index (κ2) is 7.52. The Hall–Kier alpha value is -1.88. The Morgan fingerprint density at radius 2 is 2.20 bits per heavy atom. The van der Waals surface area contributed by atoms with E-state index in [-0.39, 0.29) is 11.9 Å². The van der Waals surface area contributed by atoms with Crippen molar-refractivity contribution in [2.24, 2.45) is 21.5 Å². The number of nitrogens with two attached hydrogens (primary N) is 2. The van der Waals surface area contributed by atoms with E-state index in [1.54, 1.807) is 0 Å². The zero-order chi connectivity index (χ0) is 11.7. The molecule has 0 spiro atoms. The predicted octanol–water partition coefficient (Wildman–Crippen LogP) is -1.51. The first-order valence-electron chi connectivity index (χ1n) is 4.45. The number of carbonyl (C=O) groups is 1. The molecule has 0 aliphatic rings. The Morgan fingerprint density at radius 1 is 1.53 bits per heavy atom. The number of nitrogens with zero attached hydrogens (tertiary/aromatic N) is 2. The molecule has 0 rings (SSSR count). The Labute approximate surface area is 87.6 Å². The monoisotopic (exact) mass is 213 g/mol. The molecule has 0 aromatic heterocycles. The highest BCUT2D eigenvalue weighted by molar-refractivity contribution is 5.82. The maximum absolute atomic E-state index is 11.2. The highest BCUT2D eigenvalue weighted by Gasteiger charge is 2.14. The number of rotatable bonds is 6. The Balaban J connectivity index is 4.02. The lowest BCUT2D eigenvalue weighted by Crippen LogP contribution is -2.30. The third kappa shape index (κ3) is 6.23. The van der Waals surface area contributed by atoms with Crippen LogP contribution in [0.5, 0.6) is 0 Å². The molecule has 0 unspecified atom stereocenters. The van der Waals surface area contributed by atoms with Gasteiger partial charge in [-0.2, -0.15) is 4.99 Å². The fraction of sp³-hybridized carbons (Fsp3) is 0.625. The highest BCUT2D eigenvalue weighted by Crippen LogP contribution is 2.01. The van der Waals surface area contributed by atoms with Crippen molar-refractivity contribution in [1.82, 2.24) is 5.32 Å². The van der Waals surface area contributed by atoms with Crippen LogP contribution < -0.4 is 16.8 Å². The van der Waals surface area contributed by atoms with Gasteiger partial charge >= 0.3 is 0 Å². The second-order valence-electron chi connectivity index (χ2n) is 2.80. The van der Waals surface area contributed by atoms with Crippen molar-refractivity contribution in [1.29, 1.82) is 0 Å².